The number of nitrogens with zero attached hydrogens (tertiary/aromatic N) is 1. The van der Waals surface area contributed by atoms with E-state index < -0.39 is 17.7 Å². The van der Waals surface area contributed by atoms with Crippen molar-refractivity contribution in [2.45, 2.75) is 12.6 Å². The topological polar surface area (TPSA) is 70.8 Å². The molecule has 0 aliphatic carbocycles. The molecule has 7 heteroatoms. The van der Waals surface area contributed by atoms with Crippen molar-refractivity contribution >= 4 is 40.7 Å². The summed E-state index contributed by atoms with van der Waals surface area (Å²) in [7, 11) is 0. The average molecular weight is 428 g/mol. The van der Waals surface area contributed by atoms with Gasteiger partial charge < -0.3 is 14.4 Å². The van der Waals surface area contributed by atoms with Crippen LogP contribution in [-0.2, 0) is 16.1 Å². The number of benzene rings is 2. The Kier molecular flexibility index (Phi) is 5.18. The summed E-state index contributed by atoms with van der Waals surface area (Å²) in [4.78, 5) is 27.1. The molecule has 0 radical (unpaired) electrons. The predicted octanol–water partition coefficient (Wildman–Crippen LogP) is 5.21. The zero-order valence-electron chi connectivity index (χ0n) is 15.0. The lowest BCUT2D eigenvalue weighted by atomic mass is 9.95. The third-order valence-electron chi connectivity index (χ3n) is 4.76. The molecule has 146 valence electrons. The van der Waals surface area contributed by atoms with Crippen molar-refractivity contribution in [2.75, 3.05) is 0 Å². The van der Waals surface area contributed by atoms with Crippen LogP contribution in [0.2, 0.25) is 10.0 Å². The lowest BCUT2D eigenvalue weighted by Crippen LogP contribution is -2.29. The van der Waals surface area contributed by atoms with Gasteiger partial charge in [-0.2, -0.15) is 0 Å². The molecule has 0 bridgehead atoms. The molecule has 1 atom stereocenters. The highest BCUT2D eigenvalue weighted by Crippen LogP contribution is 2.42. The van der Waals surface area contributed by atoms with Crippen LogP contribution in [0.15, 0.2) is 76.9 Å². The lowest BCUT2D eigenvalue weighted by Gasteiger charge is -2.25. The van der Waals surface area contributed by atoms with E-state index in [0.717, 1.165) is 0 Å². The van der Waals surface area contributed by atoms with E-state index in [1.807, 2.05) is 0 Å². The van der Waals surface area contributed by atoms with Gasteiger partial charge in [-0.15, -0.1) is 0 Å². The molecule has 29 heavy (non-hydrogen) atoms. The van der Waals surface area contributed by atoms with Gasteiger partial charge in [-0.3, -0.25) is 9.59 Å². The fraction of sp³-hybridized carbons (Fsp3) is 0.0909. The van der Waals surface area contributed by atoms with Gasteiger partial charge in [0, 0.05) is 15.6 Å². The van der Waals surface area contributed by atoms with Gasteiger partial charge in [-0.1, -0.05) is 41.4 Å². The van der Waals surface area contributed by atoms with Crippen LogP contribution in [-0.4, -0.2) is 21.7 Å². The van der Waals surface area contributed by atoms with Crippen molar-refractivity contribution in [3.63, 3.8) is 0 Å². The van der Waals surface area contributed by atoms with E-state index >= 15 is 0 Å². The number of amides is 1. The number of Topliss-reactive ketones (excluding diaryl/α,β-unsaturated/α-hetero) is 1. The Morgan fingerprint density at radius 3 is 2.38 bits per heavy atom. The molecule has 1 amide bonds. The van der Waals surface area contributed by atoms with Gasteiger partial charge >= 0.3 is 0 Å². The molecular weight excluding hydrogens is 413 g/mol. The van der Waals surface area contributed by atoms with E-state index in [2.05, 4.69) is 0 Å². The van der Waals surface area contributed by atoms with E-state index in [0.29, 0.717) is 26.9 Å². The quantitative estimate of drug-likeness (QED) is 0.352. The summed E-state index contributed by atoms with van der Waals surface area (Å²) in [6.45, 7) is 0.0604. The van der Waals surface area contributed by atoms with Crippen molar-refractivity contribution in [2.24, 2.45) is 0 Å². The third kappa shape index (κ3) is 3.55. The number of halogens is 2. The van der Waals surface area contributed by atoms with Gasteiger partial charge in [-0.25, -0.2) is 0 Å². The molecule has 1 fully saturated rings. The summed E-state index contributed by atoms with van der Waals surface area (Å²) in [5.74, 6) is -1.29. The van der Waals surface area contributed by atoms with Gasteiger partial charge in [0.1, 0.15) is 11.5 Å². The van der Waals surface area contributed by atoms with Gasteiger partial charge in [0.25, 0.3) is 11.7 Å². The molecule has 3 aromatic rings. The molecule has 1 aliphatic rings. The first-order valence-electron chi connectivity index (χ1n) is 8.78. The number of hydrogen-bond donors (Lipinski definition) is 1. The summed E-state index contributed by atoms with van der Waals surface area (Å²) in [5, 5.41) is 11.8. The number of carbonyl (C=O) groups excluding carboxylic acids is 2. The van der Waals surface area contributed by atoms with Crippen molar-refractivity contribution in [1.82, 2.24) is 4.90 Å². The van der Waals surface area contributed by atoms with Crippen LogP contribution in [0.3, 0.4) is 0 Å². The first-order chi connectivity index (χ1) is 14.0. The van der Waals surface area contributed by atoms with Crippen LogP contribution in [0.1, 0.15) is 22.9 Å². The Morgan fingerprint density at radius 1 is 1.00 bits per heavy atom. The van der Waals surface area contributed by atoms with E-state index in [4.69, 9.17) is 27.6 Å². The maximum absolute atomic E-state index is 12.9. The highest BCUT2D eigenvalue weighted by molar-refractivity contribution is 6.47. The van der Waals surface area contributed by atoms with Crippen LogP contribution in [0.4, 0.5) is 0 Å². The molecule has 5 nitrogen and oxygen atoms in total. The van der Waals surface area contributed by atoms with Crippen molar-refractivity contribution in [3.8, 4) is 0 Å². The number of furan rings is 1. The molecule has 0 spiro atoms. The second-order valence-corrected chi connectivity index (χ2v) is 7.38. The Hall–Kier alpha value is -3.02. The summed E-state index contributed by atoms with van der Waals surface area (Å²) >= 11 is 12.3. The van der Waals surface area contributed by atoms with Crippen molar-refractivity contribution in [3.05, 3.63) is 99.4 Å². The van der Waals surface area contributed by atoms with Crippen molar-refractivity contribution in [1.29, 1.82) is 0 Å². The van der Waals surface area contributed by atoms with Gasteiger partial charge in [-0.05, 0) is 48.0 Å². The normalized spacial score (nSPS) is 18.4. The maximum Gasteiger partial charge on any atom is 0.296 e. The fourth-order valence-electron chi connectivity index (χ4n) is 3.40. The minimum absolute atomic E-state index is 0.0306. The van der Waals surface area contributed by atoms with Gasteiger partial charge in [0.15, 0.2) is 0 Å². The summed E-state index contributed by atoms with van der Waals surface area (Å²) in [5.41, 5.74) is 0.884. The van der Waals surface area contributed by atoms with E-state index in [1.54, 1.807) is 60.7 Å². The molecular formula is C22H15Cl2NO4. The minimum Gasteiger partial charge on any atom is -0.507 e. The molecule has 1 saturated heterocycles. The van der Waals surface area contributed by atoms with Gasteiger partial charge in [0.05, 0.1) is 24.4 Å². The number of hydrogen-bond acceptors (Lipinski definition) is 4. The highest BCUT2D eigenvalue weighted by Gasteiger charge is 2.47. The fourth-order valence-corrected chi connectivity index (χ4v) is 3.76. The second-order valence-electron chi connectivity index (χ2n) is 6.53. The van der Waals surface area contributed by atoms with Crippen LogP contribution >= 0.6 is 23.2 Å². The summed E-state index contributed by atoms with van der Waals surface area (Å²) < 4.78 is 5.36. The Bertz CT molecular complexity index is 1100. The lowest BCUT2D eigenvalue weighted by molar-refractivity contribution is -0.140. The van der Waals surface area contributed by atoms with Crippen LogP contribution in [0.25, 0.3) is 5.76 Å². The zero-order valence-corrected chi connectivity index (χ0v) is 16.5. The number of aliphatic hydroxyl groups excluding tert-OH is 1. The minimum atomic E-state index is -0.857. The smallest absolute Gasteiger partial charge is 0.296 e. The number of carbonyl (C=O) groups is 2. The molecule has 0 saturated carbocycles. The first kappa shape index (κ1) is 19.3. The standard InChI is InChI=1S/C22H15Cl2NO4/c23-14-9-7-13(8-10-14)20(26)18-19(16-5-1-2-6-17(16)24)25(22(28)21(18)27)12-15-4-3-11-29-15/h1-11,19,26H,12H2/t19-/m1/s1. The van der Waals surface area contributed by atoms with Gasteiger partial charge in [0.2, 0.25) is 0 Å². The average Bonchev–Trinajstić information content (AvgIpc) is 3.31. The second kappa shape index (κ2) is 7.78. The maximum atomic E-state index is 12.9. The molecule has 4 rings (SSSR count). The third-order valence-corrected chi connectivity index (χ3v) is 5.36. The number of likely N-dealkylation sites (tertiary alicyclic amines) is 1. The number of ketones is 1. The molecule has 1 aromatic heterocycles. The monoisotopic (exact) mass is 427 g/mol. The first-order valence-corrected chi connectivity index (χ1v) is 9.54. The number of aliphatic hydroxyl groups is 1. The Labute approximate surface area is 176 Å². The van der Waals surface area contributed by atoms with E-state index in [-0.39, 0.29) is 17.9 Å². The summed E-state index contributed by atoms with van der Waals surface area (Å²) in [6, 6.07) is 15.8. The van der Waals surface area contributed by atoms with Crippen LogP contribution in [0.5, 0.6) is 0 Å². The molecule has 2 aromatic carbocycles. The molecule has 0 unspecified atom stereocenters. The molecule has 1 N–H and O–H groups in total. The predicted molar refractivity (Wildman–Crippen MR) is 109 cm³/mol. The molecule has 1 aliphatic heterocycles. The van der Waals surface area contributed by atoms with Crippen LogP contribution in [0, 0.1) is 0 Å². The number of rotatable bonds is 4. The Balaban J connectivity index is 1.89. The highest BCUT2D eigenvalue weighted by atomic mass is 35.5. The van der Waals surface area contributed by atoms with Crippen molar-refractivity contribution < 1.29 is 19.1 Å². The van der Waals surface area contributed by atoms with Crippen LogP contribution < -0.4 is 0 Å². The molecule has 2 heterocycles. The SMILES string of the molecule is O=C1C(=O)N(Cc2ccco2)[C@H](c2ccccc2Cl)C1=C(O)c1ccc(Cl)cc1. The zero-order chi connectivity index (χ0) is 20.5. The largest absolute Gasteiger partial charge is 0.507 e. The van der Waals surface area contributed by atoms with E-state index in [1.165, 1.54) is 11.2 Å². The summed E-state index contributed by atoms with van der Waals surface area (Å²) in [6.07, 6.45) is 1.49. The Morgan fingerprint density at radius 2 is 1.72 bits per heavy atom. The van der Waals surface area contributed by atoms with E-state index in [9.17, 15) is 14.7 Å².